The van der Waals surface area contributed by atoms with Crippen molar-refractivity contribution in [3.8, 4) is 0 Å². The van der Waals surface area contributed by atoms with E-state index in [9.17, 15) is 19.2 Å². The second kappa shape index (κ2) is 8.99. The minimum atomic E-state index is -1.36. The number of hydrogen-bond donors (Lipinski definition) is 4. The van der Waals surface area contributed by atoms with Crippen molar-refractivity contribution in [3.05, 3.63) is 29.1 Å². The van der Waals surface area contributed by atoms with Crippen molar-refractivity contribution in [3.63, 3.8) is 0 Å². The maximum atomic E-state index is 11.9. The summed E-state index contributed by atoms with van der Waals surface area (Å²) in [5.74, 6) is -4.27. The molecule has 0 spiro atoms. The number of aryl methyl sites for hydroxylation is 1. The van der Waals surface area contributed by atoms with Crippen LogP contribution < -0.4 is 5.73 Å². The fourth-order valence-corrected chi connectivity index (χ4v) is 2.80. The summed E-state index contributed by atoms with van der Waals surface area (Å²) in [4.78, 5) is 48.2. The third-order valence-electron chi connectivity index (χ3n) is 2.88. The number of aromatic nitrogens is 1. The highest BCUT2D eigenvalue weighted by Crippen LogP contribution is 2.15. The van der Waals surface area contributed by atoms with Crippen LogP contribution in [0.25, 0.3) is 0 Å². The van der Waals surface area contributed by atoms with Gasteiger partial charge in [-0.1, -0.05) is 0 Å². The van der Waals surface area contributed by atoms with Gasteiger partial charge >= 0.3 is 17.9 Å². The number of nitrogens with two attached hydrogens (primary N) is 1. The number of aromatic carboxylic acids is 2. The highest BCUT2D eigenvalue weighted by atomic mass is 32.2. The minimum Gasteiger partial charge on any atom is -0.480 e. The summed E-state index contributed by atoms with van der Waals surface area (Å²) in [6, 6.07) is 1.58. The third kappa shape index (κ3) is 6.39. The summed E-state index contributed by atoms with van der Waals surface area (Å²) >= 11 is 0.917. The number of carboxylic acids is 3. The normalized spacial score (nSPS) is 11.6. The van der Waals surface area contributed by atoms with E-state index in [1.807, 2.05) is 0 Å². The van der Waals surface area contributed by atoms with Crippen LogP contribution >= 0.6 is 11.9 Å². The SMILES string of the molecule is C[C@H](N)C(=O)N(CC(=O)O)SCCc1cc(C(=O)O)nc(C(=O)O)c1. The molecule has 0 aliphatic carbocycles. The van der Waals surface area contributed by atoms with Crippen molar-refractivity contribution in [1.29, 1.82) is 0 Å². The Morgan fingerprint density at radius 3 is 2.08 bits per heavy atom. The zero-order valence-electron chi connectivity index (χ0n) is 13.2. The molecule has 25 heavy (non-hydrogen) atoms. The molecule has 1 aromatic rings. The summed E-state index contributed by atoms with van der Waals surface area (Å²) in [6.07, 6.45) is 0.204. The first kappa shape index (κ1) is 20.4. The Kier molecular flexibility index (Phi) is 7.33. The van der Waals surface area contributed by atoms with E-state index in [0.29, 0.717) is 5.56 Å². The molecule has 0 unspecified atom stereocenters. The lowest BCUT2D eigenvalue weighted by Gasteiger charge is -2.21. The Labute approximate surface area is 146 Å². The molecule has 1 aromatic heterocycles. The van der Waals surface area contributed by atoms with E-state index in [2.05, 4.69) is 4.98 Å². The molecule has 0 aliphatic heterocycles. The van der Waals surface area contributed by atoms with Crippen LogP contribution in [0.2, 0.25) is 0 Å². The second-order valence-corrected chi connectivity index (χ2v) is 6.10. The summed E-state index contributed by atoms with van der Waals surface area (Å²) in [7, 11) is 0. The largest absolute Gasteiger partial charge is 0.480 e. The van der Waals surface area contributed by atoms with Crippen LogP contribution in [-0.4, -0.2) is 66.8 Å². The Morgan fingerprint density at radius 1 is 1.16 bits per heavy atom. The molecule has 0 fully saturated rings. The monoisotopic (exact) mass is 371 g/mol. The maximum Gasteiger partial charge on any atom is 0.354 e. The third-order valence-corrected chi connectivity index (χ3v) is 3.88. The molecule has 0 saturated carbocycles. The number of nitrogens with zero attached hydrogens (tertiary/aromatic N) is 2. The first-order valence-electron chi connectivity index (χ1n) is 7.01. The van der Waals surface area contributed by atoms with Gasteiger partial charge < -0.3 is 21.1 Å². The summed E-state index contributed by atoms with van der Waals surface area (Å²) < 4.78 is 1.00. The molecule has 1 heterocycles. The predicted molar refractivity (Wildman–Crippen MR) is 87.3 cm³/mol. The van der Waals surface area contributed by atoms with Gasteiger partial charge in [0.15, 0.2) is 0 Å². The number of hydrogen-bond acceptors (Lipinski definition) is 7. The van der Waals surface area contributed by atoms with Crippen molar-refractivity contribution in [2.24, 2.45) is 5.73 Å². The first-order valence-corrected chi connectivity index (χ1v) is 7.95. The van der Waals surface area contributed by atoms with Gasteiger partial charge in [0.05, 0.1) is 6.04 Å². The zero-order valence-corrected chi connectivity index (χ0v) is 14.0. The van der Waals surface area contributed by atoms with Crippen molar-refractivity contribution < 1.29 is 34.5 Å². The summed E-state index contributed by atoms with van der Waals surface area (Å²) in [5.41, 5.74) is 5.04. The van der Waals surface area contributed by atoms with Crippen LogP contribution in [-0.2, 0) is 16.0 Å². The standard InChI is InChI=1S/C14H17N3O7S/c1-7(15)12(20)17(6-11(18)19)25-3-2-8-4-9(13(21)22)16-10(5-8)14(23)24/h4-5,7H,2-3,6,15H2,1H3,(H,18,19)(H,21,22)(H,23,24)/t7-/m0/s1. The summed E-state index contributed by atoms with van der Waals surface area (Å²) in [5, 5.41) is 26.8. The van der Waals surface area contributed by atoms with Crippen molar-refractivity contribution in [2.75, 3.05) is 12.3 Å². The van der Waals surface area contributed by atoms with Crippen LogP contribution in [0.15, 0.2) is 12.1 Å². The number of carbonyl (C=O) groups excluding carboxylic acids is 1. The lowest BCUT2D eigenvalue weighted by atomic mass is 10.1. The molecule has 1 amide bonds. The molecule has 1 rings (SSSR count). The number of pyridine rings is 1. The average molecular weight is 371 g/mol. The Morgan fingerprint density at radius 2 is 1.68 bits per heavy atom. The second-order valence-electron chi connectivity index (χ2n) is 5.00. The molecule has 10 nitrogen and oxygen atoms in total. The molecular weight excluding hydrogens is 354 g/mol. The van der Waals surface area contributed by atoms with Gasteiger partial charge in [-0.05, 0) is 43.0 Å². The van der Waals surface area contributed by atoms with E-state index in [4.69, 9.17) is 21.1 Å². The van der Waals surface area contributed by atoms with Gasteiger partial charge in [-0.2, -0.15) is 0 Å². The van der Waals surface area contributed by atoms with E-state index in [1.165, 1.54) is 19.1 Å². The molecule has 5 N–H and O–H groups in total. The molecule has 0 aromatic carbocycles. The van der Waals surface area contributed by atoms with Gasteiger partial charge in [-0.3, -0.25) is 13.9 Å². The lowest BCUT2D eigenvalue weighted by molar-refractivity contribution is -0.141. The molecule has 11 heteroatoms. The van der Waals surface area contributed by atoms with Crippen LogP contribution in [0.4, 0.5) is 0 Å². The zero-order chi connectivity index (χ0) is 19.1. The first-order chi connectivity index (χ1) is 11.6. The van der Waals surface area contributed by atoms with Gasteiger partial charge in [0.25, 0.3) is 0 Å². The average Bonchev–Trinajstić information content (AvgIpc) is 2.52. The highest BCUT2D eigenvalue weighted by molar-refractivity contribution is 7.97. The van der Waals surface area contributed by atoms with E-state index in [1.54, 1.807) is 0 Å². The van der Waals surface area contributed by atoms with Crippen molar-refractivity contribution >= 4 is 35.8 Å². The van der Waals surface area contributed by atoms with Gasteiger partial charge in [0.2, 0.25) is 5.91 Å². The van der Waals surface area contributed by atoms with Gasteiger partial charge in [-0.15, -0.1) is 0 Å². The number of aliphatic carboxylic acids is 1. The van der Waals surface area contributed by atoms with Gasteiger partial charge in [0.1, 0.15) is 17.9 Å². The Hall–Kier alpha value is -2.66. The quantitative estimate of drug-likeness (QED) is 0.430. The maximum absolute atomic E-state index is 11.9. The summed E-state index contributed by atoms with van der Waals surface area (Å²) in [6.45, 7) is 0.890. The van der Waals surface area contributed by atoms with Gasteiger partial charge in [0, 0.05) is 5.75 Å². The van der Waals surface area contributed by atoms with Crippen LogP contribution in [0.5, 0.6) is 0 Å². The molecule has 0 saturated heterocycles. The van der Waals surface area contributed by atoms with E-state index < -0.39 is 47.8 Å². The molecule has 136 valence electrons. The number of carbonyl (C=O) groups is 4. The topological polar surface area (TPSA) is 171 Å². The number of carboxylic acid groups (broad SMARTS) is 3. The van der Waals surface area contributed by atoms with Crippen LogP contribution in [0, 0.1) is 0 Å². The number of rotatable bonds is 9. The Balaban J connectivity index is 2.85. The Bertz CT molecular complexity index is 661. The highest BCUT2D eigenvalue weighted by Gasteiger charge is 2.21. The smallest absolute Gasteiger partial charge is 0.354 e. The van der Waals surface area contributed by atoms with Crippen molar-refractivity contribution in [2.45, 2.75) is 19.4 Å². The molecule has 1 atom stereocenters. The van der Waals surface area contributed by atoms with Crippen LogP contribution in [0.1, 0.15) is 33.5 Å². The number of amides is 1. The van der Waals surface area contributed by atoms with E-state index in [0.717, 1.165) is 16.3 Å². The molecule has 0 bridgehead atoms. The molecule has 0 radical (unpaired) electrons. The minimum absolute atomic E-state index is 0.204. The lowest BCUT2D eigenvalue weighted by Crippen LogP contribution is -2.40. The van der Waals surface area contributed by atoms with Crippen molar-refractivity contribution in [1.82, 2.24) is 9.29 Å². The fraction of sp³-hybridized carbons (Fsp3) is 0.357. The predicted octanol–water partition coefficient (Wildman–Crippen LogP) is -0.0709. The van der Waals surface area contributed by atoms with E-state index >= 15 is 0 Å². The van der Waals surface area contributed by atoms with Gasteiger partial charge in [-0.25, -0.2) is 14.6 Å². The fourth-order valence-electron chi connectivity index (χ4n) is 1.76. The molecule has 0 aliphatic rings. The van der Waals surface area contributed by atoms with Crippen LogP contribution in [0.3, 0.4) is 0 Å². The van der Waals surface area contributed by atoms with E-state index in [-0.39, 0.29) is 12.2 Å². The molecular formula is C14H17N3O7S.